The van der Waals surface area contributed by atoms with Crippen molar-refractivity contribution in [2.45, 2.75) is 6.18 Å². The predicted octanol–water partition coefficient (Wildman–Crippen LogP) is 3.00. The Hall–Kier alpha value is -3.93. The monoisotopic (exact) mass is 377 g/mol. The molecule has 2 rings (SSSR count). The summed E-state index contributed by atoms with van der Waals surface area (Å²) < 4.78 is 39.4. The summed E-state index contributed by atoms with van der Waals surface area (Å²) in [6.45, 7) is -0.770. The molecule has 0 atom stereocenters. The number of nitriles is 2. The highest BCUT2D eigenvalue weighted by Crippen LogP contribution is 2.38. The zero-order valence-electron chi connectivity index (χ0n) is 13.4. The number of benzene rings is 1. The third-order valence-corrected chi connectivity index (χ3v) is 3.29. The number of para-hydroxylation sites is 1. The van der Waals surface area contributed by atoms with Crippen molar-refractivity contribution < 1.29 is 18.1 Å². The fourth-order valence-corrected chi connectivity index (χ4v) is 2.20. The van der Waals surface area contributed by atoms with Crippen LogP contribution in [0.2, 0.25) is 0 Å². The number of anilines is 3. The first-order valence-corrected chi connectivity index (χ1v) is 7.21. The van der Waals surface area contributed by atoms with E-state index in [1.807, 2.05) is 0 Å². The van der Waals surface area contributed by atoms with E-state index in [2.05, 4.69) is 15.3 Å². The zero-order valence-corrected chi connectivity index (χ0v) is 13.4. The minimum absolute atomic E-state index is 0.356. The third kappa shape index (κ3) is 4.38. The predicted molar refractivity (Wildman–Crippen MR) is 86.9 cm³/mol. The van der Waals surface area contributed by atoms with Crippen LogP contribution in [-0.4, -0.2) is 28.0 Å². The van der Waals surface area contributed by atoms with E-state index in [0.717, 1.165) is 23.4 Å². The van der Waals surface area contributed by atoms with Crippen LogP contribution >= 0.6 is 0 Å². The Bertz CT molecular complexity index is 918. The van der Waals surface area contributed by atoms with Crippen molar-refractivity contribution in [1.82, 2.24) is 9.97 Å². The second kappa shape index (κ2) is 7.97. The number of hydrogen-bond donors (Lipinski definition) is 1. The molecular weight excluding hydrogens is 367 g/mol. The number of rotatable bonds is 6. The molecule has 0 saturated carbocycles. The molecule has 0 unspecified atom stereocenters. The van der Waals surface area contributed by atoms with Crippen molar-refractivity contribution in [3.05, 3.63) is 46.3 Å². The van der Waals surface area contributed by atoms with E-state index in [9.17, 15) is 23.3 Å². The van der Waals surface area contributed by atoms with Crippen molar-refractivity contribution in [1.29, 1.82) is 10.5 Å². The molecule has 0 fully saturated rings. The molecule has 0 spiro atoms. The third-order valence-electron chi connectivity index (χ3n) is 3.29. The van der Waals surface area contributed by atoms with Gasteiger partial charge in [-0.1, -0.05) is 12.1 Å². The van der Waals surface area contributed by atoms with Crippen molar-refractivity contribution in [2.75, 3.05) is 23.3 Å². The lowest BCUT2D eigenvalue weighted by atomic mass is 10.1. The molecule has 0 aliphatic rings. The zero-order chi connectivity index (χ0) is 20.0. The van der Waals surface area contributed by atoms with Gasteiger partial charge in [0.05, 0.1) is 28.3 Å². The van der Waals surface area contributed by atoms with Crippen molar-refractivity contribution >= 4 is 23.0 Å². The molecule has 0 aliphatic heterocycles. The average Bonchev–Trinajstić information content (AvgIpc) is 2.60. The van der Waals surface area contributed by atoms with E-state index in [0.29, 0.717) is 0 Å². The maximum absolute atomic E-state index is 13.1. The Kier molecular flexibility index (Phi) is 5.72. The van der Waals surface area contributed by atoms with Crippen molar-refractivity contribution in [3.63, 3.8) is 0 Å². The van der Waals surface area contributed by atoms with E-state index in [1.165, 1.54) is 12.1 Å². The molecule has 9 nitrogen and oxygen atoms in total. The van der Waals surface area contributed by atoms with Gasteiger partial charge in [-0.2, -0.15) is 23.7 Å². The molecular formula is C15H10F3N7O2. The van der Waals surface area contributed by atoms with Crippen LogP contribution in [0, 0.1) is 32.8 Å². The molecule has 1 aromatic heterocycles. The number of nitro groups is 1. The maximum atomic E-state index is 13.1. The van der Waals surface area contributed by atoms with Gasteiger partial charge in [-0.05, 0) is 12.1 Å². The van der Waals surface area contributed by atoms with Crippen molar-refractivity contribution in [2.24, 2.45) is 0 Å². The second-order valence-corrected chi connectivity index (χ2v) is 4.99. The highest BCUT2D eigenvalue weighted by Gasteiger charge is 2.34. The molecule has 27 heavy (non-hydrogen) atoms. The van der Waals surface area contributed by atoms with Crippen LogP contribution in [0.15, 0.2) is 30.6 Å². The van der Waals surface area contributed by atoms with Gasteiger partial charge in [0.25, 0.3) is 0 Å². The molecule has 0 radical (unpaired) electrons. The Morgan fingerprint density at radius 1 is 1.19 bits per heavy atom. The highest BCUT2D eigenvalue weighted by atomic mass is 19.4. The summed E-state index contributed by atoms with van der Waals surface area (Å²) in [5.74, 6) is -0.854. The lowest BCUT2D eigenvalue weighted by Crippen LogP contribution is -2.26. The van der Waals surface area contributed by atoms with Crippen LogP contribution < -0.4 is 10.2 Å². The SMILES string of the molecule is N#CCN(CC#N)c1ncnc(Nc2ccccc2C(F)(F)F)c1[N+](=O)[O-]. The smallest absolute Gasteiger partial charge is 0.334 e. The van der Waals surface area contributed by atoms with Crippen molar-refractivity contribution in [3.8, 4) is 12.1 Å². The topological polar surface area (TPSA) is 132 Å². The summed E-state index contributed by atoms with van der Waals surface area (Å²) in [4.78, 5) is 19.0. The molecule has 1 heterocycles. The Morgan fingerprint density at radius 3 is 2.37 bits per heavy atom. The molecule has 2 aromatic rings. The molecule has 0 bridgehead atoms. The Labute approximate surface area is 150 Å². The first-order chi connectivity index (χ1) is 12.8. The lowest BCUT2D eigenvalue weighted by molar-refractivity contribution is -0.383. The number of aromatic nitrogens is 2. The van der Waals surface area contributed by atoms with E-state index >= 15 is 0 Å². The van der Waals surface area contributed by atoms with Gasteiger partial charge in [-0.3, -0.25) is 10.1 Å². The van der Waals surface area contributed by atoms with Gasteiger partial charge >= 0.3 is 11.9 Å². The summed E-state index contributed by atoms with van der Waals surface area (Å²) in [7, 11) is 0. The number of alkyl halides is 3. The van der Waals surface area contributed by atoms with Gasteiger partial charge in [0.2, 0.25) is 11.6 Å². The highest BCUT2D eigenvalue weighted by molar-refractivity contribution is 5.75. The lowest BCUT2D eigenvalue weighted by Gasteiger charge is -2.18. The molecule has 1 aromatic carbocycles. The van der Waals surface area contributed by atoms with Gasteiger partial charge in [-0.15, -0.1) is 0 Å². The van der Waals surface area contributed by atoms with Crippen LogP contribution in [0.25, 0.3) is 0 Å². The van der Waals surface area contributed by atoms with E-state index < -0.39 is 33.9 Å². The van der Waals surface area contributed by atoms with Gasteiger partial charge in [0.15, 0.2) is 0 Å². The summed E-state index contributed by atoms with van der Waals surface area (Å²) in [5, 5.41) is 31.5. The maximum Gasteiger partial charge on any atom is 0.418 e. The van der Waals surface area contributed by atoms with Crippen LogP contribution in [-0.2, 0) is 6.18 Å². The van der Waals surface area contributed by atoms with Crippen LogP contribution in [0.3, 0.4) is 0 Å². The standard InChI is InChI=1S/C15H10F3N7O2/c16-15(17,18)10-3-1-2-4-11(10)23-13-12(25(26)27)14(22-9-21-13)24(7-5-19)8-6-20/h1-4,9H,7-8H2,(H,21,22,23). The largest absolute Gasteiger partial charge is 0.418 e. The van der Waals surface area contributed by atoms with E-state index in [1.54, 1.807) is 12.1 Å². The first-order valence-electron chi connectivity index (χ1n) is 7.21. The summed E-state index contributed by atoms with van der Waals surface area (Å²) in [6, 6.07) is 7.88. The normalized spacial score (nSPS) is 10.6. The number of nitrogens with zero attached hydrogens (tertiary/aromatic N) is 6. The first kappa shape index (κ1) is 19.4. The molecule has 138 valence electrons. The molecule has 0 amide bonds. The van der Waals surface area contributed by atoms with Crippen LogP contribution in [0.1, 0.15) is 5.56 Å². The van der Waals surface area contributed by atoms with Crippen LogP contribution in [0.5, 0.6) is 0 Å². The molecule has 12 heteroatoms. The number of nitrogens with one attached hydrogen (secondary N) is 1. The number of halogens is 3. The van der Waals surface area contributed by atoms with E-state index in [-0.39, 0.29) is 18.9 Å². The van der Waals surface area contributed by atoms with Crippen LogP contribution in [0.4, 0.5) is 36.2 Å². The van der Waals surface area contributed by atoms with Gasteiger partial charge in [-0.25, -0.2) is 9.97 Å². The Morgan fingerprint density at radius 2 is 1.81 bits per heavy atom. The Balaban J connectivity index is 2.57. The van der Waals surface area contributed by atoms with Gasteiger partial charge in [0.1, 0.15) is 19.4 Å². The van der Waals surface area contributed by atoms with Gasteiger partial charge in [0, 0.05) is 0 Å². The van der Waals surface area contributed by atoms with Gasteiger partial charge < -0.3 is 10.2 Å². The number of hydrogen-bond acceptors (Lipinski definition) is 8. The second-order valence-electron chi connectivity index (χ2n) is 4.99. The summed E-state index contributed by atoms with van der Waals surface area (Å²) in [5.41, 5.74) is -2.23. The van der Waals surface area contributed by atoms with E-state index in [4.69, 9.17) is 10.5 Å². The fourth-order valence-electron chi connectivity index (χ4n) is 2.20. The average molecular weight is 377 g/mol. The molecule has 0 aliphatic carbocycles. The summed E-state index contributed by atoms with van der Waals surface area (Å²) in [6.07, 6.45) is -3.80. The fraction of sp³-hybridized carbons (Fsp3) is 0.200. The minimum atomic E-state index is -4.69. The quantitative estimate of drug-likeness (QED) is 0.462. The molecule has 0 saturated heterocycles. The molecule has 1 N–H and O–H groups in total. The summed E-state index contributed by atoms with van der Waals surface area (Å²) >= 11 is 0. The minimum Gasteiger partial charge on any atom is -0.334 e.